The number of likely N-dealkylation sites (tertiary alicyclic amines) is 1. The van der Waals surface area contributed by atoms with Crippen molar-refractivity contribution in [1.82, 2.24) is 20.4 Å². The number of hydrogen-bond acceptors (Lipinski definition) is 3. The zero-order chi connectivity index (χ0) is 22.5. The van der Waals surface area contributed by atoms with E-state index in [1.54, 1.807) is 29.0 Å². The Morgan fingerprint density at radius 2 is 1.97 bits per heavy atom. The Morgan fingerprint density at radius 1 is 1.23 bits per heavy atom. The van der Waals surface area contributed by atoms with Crippen LogP contribution in [0.15, 0.2) is 18.2 Å². The molecule has 1 saturated heterocycles. The summed E-state index contributed by atoms with van der Waals surface area (Å²) in [6.07, 6.45) is 3.18. The predicted octanol–water partition coefficient (Wildman–Crippen LogP) is 2.61. The third-order valence-electron chi connectivity index (χ3n) is 6.30. The molecule has 0 spiro atoms. The summed E-state index contributed by atoms with van der Waals surface area (Å²) in [7, 11) is 1.59. The third-order valence-corrected chi connectivity index (χ3v) is 6.30. The fourth-order valence-corrected chi connectivity index (χ4v) is 4.48. The van der Waals surface area contributed by atoms with Crippen molar-refractivity contribution < 1.29 is 18.8 Å². The lowest BCUT2D eigenvalue weighted by atomic mass is 9.90. The van der Waals surface area contributed by atoms with Gasteiger partial charge < -0.3 is 20.4 Å². The molecule has 31 heavy (non-hydrogen) atoms. The first-order valence-corrected chi connectivity index (χ1v) is 11.1. The standard InChI is InChI=1S/C23H33FN4O3/c1-4-28(15(2)29)20-9-16(10-22(30)25-3)13-27(14-20)23(31)26-12-19-8-7-18(11-21(19)24)17-5-6-17/h7-8,11,16-17,20H,4-6,9-10,12-14H2,1-3H3,(H,25,30)(H,26,31)/t16?,20-/m1/s1. The SMILES string of the molecule is CCN(C(C)=O)[C@@H]1CC(CC(=O)NC)CN(C(=O)NCc2ccc(C3CC3)cc2F)C1. The van der Waals surface area contributed by atoms with Crippen molar-refractivity contribution in [1.29, 1.82) is 0 Å². The normalized spacial score (nSPS) is 20.8. The lowest BCUT2D eigenvalue weighted by molar-refractivity contribution is -0.132. The van der Waals surface area contributed by atoms with Crippen LogP contribution in [-0.2, 0) is 16.1 Å². The maximum atomic E-state index is 14.4. The molecule has 1 heterocycles. The predicted molar refractivity (Wildman–Crippen MR) is 116 cm³/mol. The number of amides is 4. The topological polar surface area (TPSA) is 81.8 Å². The highest BCUT2D eigenvalue weighted by molar-refractivity contribution is 5.77. The van der Waals surface area contributed by atoms with Crippen LogP contribution in [0.4, 0.5) is 9.18 Å². The molecule has 1 unspecified atom stereocenters. The molecule has 2 atom stereocenters. The second kappa shape index (κ2) is 10.1. The lowest BCUT2D eigenvalue weighted by Crippen LogP contribution is -2.56. The highest BCUT2D eigenvalue weighted by Gasteiger charge is 2.34. The zero-order valence-corrected chi connectivity index (χ0v) is 18.6. The Balaban J connectivity index is 1.65. The van der Waals surface area contributed by atoms with Gasteiger partial charge in [-0.1, -0.05) is 12.1 Å². The van der Waals surface area contributed by atoms with Gasteiger partial charge in [0, 0.05) is 58.2 Å². The first-order chi connectivity index (χ1) is 14.8. The maximum Gasteiger partial charge on any atom is 0.317 e. The van der Waals surface area contributed by atoms with Crippen LogP contribution in [0, 0.1) is 11.7 Å². The summed E-state index contributed by atoms with van der Waals surface area (Å²) in [5.41, 5.74) is 1.47. The van der Waals surface area contributed by atoms with Crippen molar-refractivity contribution in [2.75, 3.05) is 26.7 Å². The van der Waals surface area contributed by atoms with E-state index in [0.717, 1.165) is 18.4 Å². The Kier molecular flexibility index (Phi) is 7.51. The molecular weight excluding hydrogens is 399 g/mol. The third kappa shape index (κ3) is 5.95. The van der Waals surface area contributed by atoms with E-state index >= 15 is 0 Å². The molecule has 1 aliphatic carbocycles. The van der Waals surface area contributed by atoms with Gasteiger partial charge in [0.2, 0.25) is 11.8 Å². The number of carbonyl (C=O) groups is 3. The molecule has 1 aromatic rings. The van der Waals surface area contributed by atoms with Crippen LogP contribution in [0.25, 0.3) is 0 Å². The summed E-state index contributed by atoms with van der Waals surface area (Å²) in [6.45, 7) is 4.88. The molecule has 0 aromatic heterocycles. The summed E-state index contributed by atoms with van der Waals surface area (Å²) in [5.74, 6) is -0.00990. The number of carbonyl (C=O) groups excluding carboxylic acids is 3. The number of halogens is 1. The first kappa shape index (κ1) is 23.0. The van der Waals surface area contributed by atoms with E-state index in [1.807, 2.05) is 13.0 Å². The molecule has 1 saturated carbocycles. The van der Waals surface area contributed by atoms with Gasteiger partial charge in [-0.15, -0.1) is 0 Å². The van der Waals surface area contributed by atoms with Crippen LogP contribution in [-0.4, -0.2) is 60.4 Å². The molecule has 0 radical (unpaired) electrons. The minimum atomic E-state index is -0.308. The van der Waals surface area contributed by atoms with Gasteiger partial charge >= 0.3 is 6.03 Å². The fraction of sp³-hybridized carbons (Fsp3) is 0.609. The van der Waals surface area contributed by atoms with Gasteiger partial charge in [-0.05, 0) is 49.7 Å². The molecular formula is C23H33FN4O3. The van der Waals surface area contributed by atoms with Crippen molar-refractivity contribution in [2.45, 2.75) is 58.0 Å². The summed E-state index contributed by atoms with van der Waals surface area (Å²) < 4.78 is 14.4. The van der Waals surface area contributed by atoms with E-state index in [-0.39, 0.29) is 42.2 Å². The Morgan fingerprint density at radius 3 is 2.55 bits per heavy atom. The van der Waals surface area contributed by atoms with Gasteiger partial charge in [-0.25, -0.2) is 9.18 Å². The quantitative estimate of drug-likeness (QED) is 0.695. The number of piperidine rings is 1. The van der Waals surface area contributed by atoms with Gasteiger partial charge in [0.05, 0.1) is 0 Å². The van der Waals surface area contributed by atoms with Crippen molar-refractivity contribution in [2.24, 2.45) is 5.92 Å². The van der Waals surface area contributed by atoms with Crippen LogP contribution in [0.5, 0.6) is 0 Å². The van der Waals surface area contributed by atoms with Gasteiger partial charge in [-0.3, -0.25) is 9.59 Å². The molecule has 170 valence electrons. The number of benzene rings is 1. The molecule has 4 amide bonds. The van der Waals surface area contributed by atoms with Crippen LogP contribution in [0.3, 0.4) is 0 Å². The molecule has 2 fully saturated rings. The van der Waals surface area contributed by atoms with Crippen LogP contribution >= 0.6 is 0 Å². The number of urea groups is 1. The molecule has 1 aliphatic heterocycles. The molecule has 1 aromatic carbocycles. The summed E-state index contributed by atoms with van der Waals surface area (Å²) >= 11 is 0. The number of likely N-dealkylation sites (N-methyl/N-ethyl adjacent to an activating group) is 1. The maximum absolute atomic E-state index is 14.4. The molecule has 2 aliphatic rings. The molecule has 7 nitrogen and oxygen atoms in total. The zero-order valence-electron chi connectivity index (χ0n) is 18.6. The Bertz CT molecular complexity index is 827. The van der Waals surface area contributed by atoms with Crippen molar-refractivity contribution in [3.8, 4) is 0 Å². The van der Waals surface area contributed by atoms with Gasteiger partial charge in [0.15, 0.2) is 0 Å². The van der Waals surface area contributed by atoms with E-state index < -0.39 is 0 Å². The molecule has 3 rings (SSSR count). The van der Waals surface area contributed by atoms with Gasteiger partial charge in [-0.2, -0.15) is 0 Å². The smallest absolute Gasteiger partial charge is 0.317 e. The van der Waals surface area contributed by atoms with E-state index in [1.165, 1.54) is 6.92 Å². The van der Waals surface area contributed by atoms with Gasteiger partial charge in [0.1, 0.15) is 5.82 Å². The van der Waals surface area contributed by atoms with Crippen molar-refractivity contribution >= 4 is 17.8 Å². The van der Waals surface area contributed by atoms with Crippen LogP contribution in [0.2, 0.25) is 0 Å². The average molecular weight is 433 g/mol. The second-order valence-electron chi connectivity index (χ2n) is 8.63. The number of rotatable bonds is 7. The molecule has 2 N–H and O–H groups in total. The number of hydrogen-bond donors (Lipinski definition) is 2. The largest absolute Gasteiger partial charge is 0.359 e. The Hall–Kier alpha value is -2.64. The molecule has 0 bridgehead atoms. The summed E-state index contributed by atoms with van der Waals surface area (Å²) in [5, 5.41) is 5.44. The highest BCUT2D eigenvalue weighted by atomic mass is 19.1. The first-order valence-electron chi connectivity index (χ1n) is 11.1. The van der Waals surface area contributed by atoms with Gasteiger partial charge in [0.25, 0.3) is 0 Å². The van der Waals surface area contributed by atoms with Crippen molar-refractivity contribution in [3.05, 3.63) is 35.1 Å². The second-order valence-corrected chi connectivity index (χ2v) is 8.63. The summed E-state index contributed by atoms with van der Waals surface area (Å²) in [6, 6.07) is 4.79. The van der Waals surface area contributed by atoms with Crippen LogP contribution < -0.4 is 10.6 Å². The Labute approximate surface area is 183 Å². The number of nitrogens with zero attached hydrogens (tertiary/aromatic N) is 2. The van der Waals surface area contributed by atoms with E-state index in [2.05, 4.69) is 10.6 Å². The highest BCUT2D eigenvalue weighted by Crippen LogP contribution is 2.40. The monoisotopic (exact) mass is 432 g/mol. The van der Waals surface area contributed by atoms with Crippen LogP contribution in [0.1, 0.15) is 56.6 Å². The minimum Gasteiger partial charge on any atom is -0.359 e. The average Bonchev–Trinajstić information content (AvgIpc) is 3.58. The number of nitrogens with one attached hydrogen (secondary N) is 2. The van der Waals surface area contributed by atoms with Crippen molar-refractivity contribution in [3.63, 3.8) is 0 Å². The fourth-order valence-electron chi connectivity index (χ4n) is 4.48. The molecule has 8 heteroatoms. The van der Waals surface area contributed by atoms with E-state index in [4.69, 9.17) is 0 Å². The minimum absolute atomic E-state index is 0.0487. The lowest BCUT2D eigenvalue weighted by Gasteiger charge is -2.42. The van der Waals surface area contributed by atoms with E-state index in [9.17, 15) is 18.8 Å². The summed E-state index contributed by atoms with van der Waals surface area (Å²) in [4.78, 5) is 40.2. The van der Waals surface area contributed by atoms with E-state index in [0.29, 0.717) is 44.0 Å².